The van der Waals surface area contributed by atoms with Gasteiger partial charge in [-0.1, -0.05) is 48.5 Å². The van der Waals surface area contributed by atoms with Gasteiger partial charge in [0.05, 0.1) is 11.4 Å². The fourth-order valence-corrected chi connectivity index (χ4v) is 2.32. The molecule has 1 amide bonds. The monoisotopic (exact) mass is 335 g/mol. The zero-order valence-electron chi connectivity index (χ0n) is 13.6. The molecule has 6 nitrogen and oxygen atoms in total. The number of para-hydroxylation sites is 1. The normalized spacial score (nSPS) is 11.7. The summed E-state index contributed by atoms with van der Waals surface area (Å²) in [6.45, 7) is 1.43. The number of benzene rings is 2. The van der Waals surface area contributed by atoms with Crippen LogP contribution in [0.15, 0.2) is 66.7 Å². The predicted octanol–water partition coefficient (Wildman–Crippen LogP) is 2.57. The summed E-state index contributed by atoms with van der Waals surface area (Å²) in [5.41, 5.74) is 7.60. The number of primary amides is 1. The zero-order chi connectivity index (χ0) is 17.8. The van der Waals surface area contributed by atoms with Crippen molar-refractivity contribution < 1.29 is 14.3 Å². The van der Waals surface area contributed by atoms with Crippen LogP contribution in [0.1, 0.15) is 17.4 Å². The van der Waals surface area contributed by atoms with Crippen LogP contribution in [-0.4, -0.2) is 27.8 Å². The van der Waals surface area contributed by atoms with Gasteiger partial charge in [0, 0.05) is 5.56 Å². The minimum Gasteiger partial charge on any atom is -0.448 e. The van der Waals surface area contributed by atoms with E-state index >= 15 is 0 Å². The number of esters is 1. The molecule has 0 saturated carbocycles. The van der Waals surface area contributed by atoms with E-state index < -0.39 is 18.0 Å². The maximum Gasteiger partial charge on any atom is 0.357 e. The van der Waals surface area contributed by atoms with Gasteiger partial charge in [0.15, 0.2) is 11.8 Å². The third-order valence-electron chi connectivity index (χ3n) is 3.67. The zero-order valence-corrected chi connectivity index (χ0v) is 13.6. The molecular formula is C19H17N3O3. The first-order valence-corrected chi connectivity index (χ1v) is 7.77. The summed E-state index contributed by atoms with van der Waals surface area (Å²) < 4.78 is 6.63. The van der Waals surface area contributed by atoms with Gasteiger partial charge in [-0.05, 0) is 25.1 Å². The van der Waals surface area contributed by atoms with E-state index in [9.17, 15) is 9.59 Å². The van der Waals surface area contributed by atoms with Crippen molar-refractivity contribution in [1.82, 2.24) is 9.78 Å². The Hall–Kier alpha value is -3.41. The minimum atomic E-state index is -1.02. The van der Waals surface area contributed by atoms with Crippen LogP contribution >= 0.6 is 0 Å². The van der Waals surface area contributed by atoms with Crippen LogP contribution in [0.4, 0.5) is 0 Å². The molecule has 0 aliphatic rings. The summed E-state index contributed by atoms with van der Waals surface area (Å²) in [7, 11) is 0. The van der Waals surface area contributed by atoms with E-state index in [0.29, 0.717) is 11.4 Å². The van der Waals surface area contributed by atoms with Gasteiger partial charge < -0.3 is 10.5 Å². The second-order valence-electron chi connectivity index (χ2n) is 5.48. The molecule has 0 radical (unpaired) electrons. The molecule has 1 heterocycles. The van der Waals surface area contributed by atoms with Crippen LogP contribution in [0, 0.1) is 0 Å². The van der Waals surface area contributed by atoms with Crippen molar-refractivity contribution in [2.24, 2.45) is 5.73 Å². The molecule has 126 valence electrons. The van der Waals surface area contributed by atoms with Gasteiger partial charge in [-0.3, -0.25) is 4.79 Å². The summed E-state index contributed by atoms with van der Waals surface area (Å²) in [5, 5.41) is 4.52. The molecule has 2 N–H and O–H groups in total. The van der Waals surface area contributed by atoms with Gasteiger partial charge in [-0.25, -0.2) is 9.48 Å². The van der Waals surface area contributed by atoms with Crippen molar-refractivity contribution in [3.05, 3.63) is 72.4 Å². The second kappa shape index (κ2) is 7.00. The highest BCUT2D eigenvalue weighted by atomic mass is 16.5. The molecule has 0 fully saturated rings. The summed E-state index contributed by atoms with van der Waals surface area (Å²) in [5.74, 6) is -1.37. The first-order chi connectivity index (χ1) is 12.1. The summed E-state index contributed by atoms with van der Waals surface area (Å²) in [6, 6.07) is 20.4. The standard InChI is InChI=1S/C19H17N3O3/c1-13(18(20)23)25-19(24)17-12-16(14-8-4-2-5-9-14)21-22(17)15-10-6-3-7-11-15/h2-13H,1H3,(H2,20,23)/t13-/m1/s1. The third-order valence-corrected chi connectivity index (χ3v) is 3.67. The number of ether oxygens (including phenoxy) is 1. The van der Waals surface area contributed by atoms with Gasteiger partial charge in [0.25, 0.3) is 5.91 Å². The van der Waals surface area contributed by atoms with Crippen LogP contribution in [0.25, 0.3) is 16.9 Å². The average Bonchev–Trinajstić information content (AvgIpc) is 3.08. The van der Waals surface area contributed by atoms with Crippen LogP contribution < -0.4 is 5.73 Å². The van der Waals surface area contributed by atoms with Crippen molar-refractivity contribution in [1.29, 1.82) is 0 Å². The number of rotatable bonds is 5. The lowest BCUT2D eigenvalue weighted by molar-refractivity contribution is -0.125. The van der Waals surface area contributed by atoms with Crippen molar-refractivity contribution in [3.63, 3.8) is 0 Å². The van der Waals surface area contributed by atoms with E-state index in [1.165, 1.54) is 11.6 Å². The molecule has 0 bridgehead atoms. The highest BCUT2D eigenvalue weighted by molar-refractivity contribution is 5.92. The number of carbonyl (C=O) groups excluding carboxylic acids is 2. The number of aromatic nitrogens is 2. The predicted molar refractivity (Wildman–Crippen MR) is 93.1 cm³/mol. The Morgan fingerprint density at radius 3 is 2.24 bits per heavy atom. The van der Waals surface area contributed by atoms with E-state index in [2.05, 4.69) is 5.10 Å². The van der Waals surface area contributed by atoms with E-state index in [-0.39, 0.29) is 5.69 Å². The minimum absolute atomic E-state index is 0.221. The fraction of sp³-hybridized carbons (Fsp3) is 0.105. The summed E-state index contributed by atoms with van der Waals surface area (Å²) in [4.78, 5) is 23.7. The second-order valence-corrected chi connectivity index (χ2v) is 5.48. The van der Waals surface area contributed by atoms with Gasteiger partial charge in [0.1, 0.15) is 0 Å². The van der Waals surface area contributed by atoms with Crippen molar-refractivity contribution in [2.75, 3.05) is 0 Å². The summed E-state index contributed by atoms with van der Waals surface area (Å²) in [6.07, 6.45) is -1.02. The Balaban J connectivity index is 2.05. The van der Waals surface area contributed by atoms with Crippen LogP contribution in [0.3, 0.4) is 0 Å². The van der Waals surface area contributed by atoms with Crippen LogP contribution in [0.2, 0.25) is 0 Å². The maximum atomic E-state index is 12.5. The van der Waals surface area contributed by atoms with Crippen LogP contribution in [0.5, 0.6) is 0 Å². The molecule has 3 rings (SSSR count). The van der Waals surface area contributed by atoms with E-state index in [1.807, 2.05) is 60.7 Å². The molecule has 6 heteroatoms. The number of hydrogen-bond donors (Lipinski definition) is 1. The Morgan fingerprint density at radius 1 is 1.04 bits per heavy atom. The molecule has 1 aromatic heterocycles. The highest BCUT2D eigenvalue weighted by Crippen LogP contribution is 2.22. The van der Waals surface area contributed by atoms with Gasteiger partial charge in [-0.2, -0.15) is 5.10 Å². The van der Waals surface area contributed by atoms with E-state index in [4.69, 9.17) is 10.5 Å². The molecule has 0 aliphatic carbocycles. The number of amides is 1. The summed E-state index contributed by atoms with van der Waals surface area (Å²) >= 11 is 0. The van der Waals surface area contributed by atoms with E-state index in [1.54, 1.807) is 6.07 Å². The first-order valence-electron chi connectivity index (χ1n) is 7.77. The lowest BCUT2D eigenvalue weighted by Crippen LogP contribution is -2.31. The molecule has 0 unspecified atom stereocenters. The van der Waals surface area contributed by atoms with Crippen molar-refractivity contribution in [3.8, 4) is 16.9 Å². The molecule has 0 saturated heterocycles. The largest absolute Gasteiger partial charge is 0.448 e. The molecule has 25 heavy (non-hydrogen) atoms. The number of carbonyl (C=O) groups is 2. The Morgan fingerprint density at radius 2 is 1.64 bits per heavy atom. The van der Waals surface area contributed by atoms with Gasteiger partial charge in [-0.15, -0.1) is 0 Å². The molecule has 0 spiro atoms. The van der Waals surface area contributed by atoms with E-state index in [0.717, 1.165) is 5.56 Å². The fourth-order valence-electron chi connectivity index (χ4n) is 2.32. The SMILES string of the molecule is C[C@@H](OC(=O)c1cc(-c2ccccc2)nn1-c1ccccc1)C(N)=O. The first kappa shape index (κ1) is 16.4. The van der Waals surface area contributed by atoms with Crippen molar-refractivity contribution >= 4 is 11.9 Å². The molecule has 1 atom stereocenters. The van der Waals surface area contributed by atoms with Gasteiger partial charge >= 0.3 is 5.97 Å². The topological polar surface area (TPSA) is 87.2 Å². The number of nitrogens with two attached hydrogens (primary N) is 1. The van der Waals surface area contributed by atoms with Crippen molar-refractivity contribution in [2.45, 2.75) is 13.0 Å². The maximum absolute atomic E-state index is 12.5. The third kappa shape index (κ3) is 3.58. The molecule has 2 aromatic carbocycles. The quantitative estimate of drug-likeness (QED) is 0.726. The highest BCUT2D eigenvalue weighted by Gasteiger charge is 2.22. The Bertz CT molecular complexity index is 889. The average molecular weight is 335 g/mol. The molecular weight excluding hydrogens is 318 g/mol. The lowest BCUT2D eigenvalue weighted by atomic mass is 10.1. The van der Waals surface area contributed by atoms with Gasteiger partial charge in [0.2, 0.25) is 0 Å². The van der Waals surface area contributed by atoms with Crippen LogP contribution in [-0.2, 0) is 9.53 Å². The molecule has 3 aromatic rings. The Labute approximate surface area is 144 Å². The number of hydrogen-bond acceptors (Lipinski definition) is 4. The molecule has 0 aliphatic heterocycles. The lowest BCUT2D eigenvalue weighted by Gasteiger charge is -2.10. The number of nitrogens with zero attached hydrogens (tertiary/aromatic N) is 2. The Kier molecular flexibility index (Phi) is 4.61. The smallest absolute Gasteiger partial charge is 0.357 e.